The maximum absolute atomic E-state index is 13.0. The first kappa shape index (κ1) is 16.4. The Bertz CT molecular complexity index is 608. The van der Waals surface area contributed by atoms with Gasteiger partial charge in [0.1, 0.15) is 4.90 Å². The molecular weight excluding hydrogens is 440 g/mol. The van der Waals surface area contributed by atoms with Crippen LogP contribution >= 0.6 is 43.2 Å². The summed E-state index contributed by atoms with van der Waals surface area (Å²) in [6.45, 7) is 2.23. The van der Waals surface area contributed by atoms with Crippen LogP contribution in [-0.2, 0) is 10.0 Å². The molecule has 1 aromatic heterocycles. The third-order valence-electron chi connectivity index (χ3n) is 3.99. The van der Waals surface area contributed by atoms with Crippen molar-refractivity contribution >= 4 is 53.2 Å². The zero-order valence-electron chi connectivity index (χ0n) is 11.5. The number of sulfonamides is 1. The molecule has 3 rings (SSSR count). The summed E-state index contributed by atoms with van der Waals surface area (Å²) in [4.78, 5) is 0.387. The van der Waals surface area contributed by atoms with Gasteiger partial charge in [-0.05, 0) is 76.1 Å². The molecule has 1 aliphatic carbocycles. The summed E-state index contributed by atoms with van der Waals surface area (Å²) in [5, 5.41) is 3.40. The molecule has 1 unspecified atom stereocenters. The van der Waals surface area contributed by atoms with Crippen molar-refractivity contribution < 1.29 is 8.42 Å². The lowest BCUT2D eigenvalue weighted by Crippen LogP contribution is -2.42. The molecule has 2 heterocycles. The third-order valence-corrected chi connectivity index (χ3v) is 8.58. The SMILES string of the molecule is O=S(=O)(c1cc(Br)sc1Br)N(CC1CC1)CC1CCCN1. The zero-order chi connectivity index (χ0) is 15.0. The van der Waals surface area contributed by atoms with Crippen LogP contribution in [0.2, 0.25) is 0 Å². The number of halogens is 2. The van der Waals surface area contributed by atoms with Crippen LogP contribution in [0.4, 0.5) is 0 Å². The fourth-order valence-corrected chi connectivity index (χ4v) is 7.98. The van der Waals surface area contributed by atoms with Crippen LogP contribution in [0.15, 0.2) is 18.5 Å². The molecule has 0 aromatic carbocycles. The van der Waals surface area contributed by atoms with Crippen molar-refractivity contribution in [2.75, 3.05) is 19.6 Å². The number of thiophene rings is 1. The molecule has 1 N–H and O–H groups in total. The van der Waals surface area contributed by atoms with E-state index in [1.54, 1.807) is 10.4 Å². The van der Waals surface area contributed by atoms with Gasteiger partial charge in [0.05, 0.1) is 7.57 Å². The summed E-state index contributed by atoms with van der Waals surface area (Å²) in [6, 6.07) is 1.99. The second-order valence-electron chi connectivity index (χ2n) is 5.75. The Hall–Kier alpha value is 0.530. The van der Waals surface area contributed by atoms with E-state index in [0.29, 0.717) is 33.7 Å². The van der Waals surface area contributed by atoms with Crippen molar-refractivity contribution in [1.82, 2.24) is 9.62 Å². The van der Waals surface area contributed by atoms with Gasteiger partial charge in [0.2, 0.25) is 10.0 Å². The molecule has 0 bridgehead atoms. The quantitative estimate of drug-likeness (QED) is 0.711. The van der Waals surface area contributed by atoms with Crippen LogP contribution in [0.3, 0.4) is 0 Å². The molecule has 2 aliphatic rings. The van der Waals surface area contributed by atoms with Gasteiger partial charge in [0.15, 0.2) is 0 Å². The summed E-state index contributed by atoms with van der Waals surface area (Å²) in [5.74, 6) is 0.544. The minimum atomic E-state index is -3.43. The maximum atomic E-state index is 13.0. The van der Waals surface area contributed by atoms with E-state index in [4.69, 9.17) is 0 Å². The molecule has 118 valence electrons. The molecule has 0 radical (unpaired) electrons. The molecule has 1 saturated carbocycles. The molecule has 2 fully saturated rings. The Balaban J connectivity index is 1.84. The molecule has 1 saturated heterocycles. The smallest absolute Gasteiger partial charge is 0.245 e. The van der Waals surface area contributed by atoms with Crippen molar-refractivity contribution in [2.24, 2.45) is 5.92 Å². The third kappa shape index (κ3) is 3.90. The normalized spacial score (nSPS) is 23.1. The number of nitrogens with one attached hydrogen (secondary N) is 1. The van der Waals surface area contributed by atoms with E-state index >= 15 is 0 Å². The first-order valence-corrected chi connectivity index (χ1v) is 11.0. The Morgan fingerprint density at radius 3 is 2.57 bits per heavy atom. The van der Waals surface area contributed by atoms with Gasteiger partial charge in [0, 0.05) is 19.1 Å². The van der Waals surface area contributed by atoms with Gasteiger partial charge in [-0.3, -0.25) is 0 Å². The van der Waals surface area contributed by atoms with Crippen LogP contribution in [-0.4, -0.2) is 38.4 Å². The van der Waals surface area contributed by atoms with Gasteiger partial charge in [-0.1, -0.05) is 0 Å². The number of hydrogen-bond donors (Lipinski definition) is 1. The van der Waals surface area contributed by atoms with Gasteiger partial charge in [0.25, 0.3) is 0 Å². The van der Waals surface area contributed by atoms with Gasteiger partial charge >= 0.3 is 0 Å². The highest BCUT2D eigenvalue weighted by atomic mass is 79.9. The molecule has 1 aromatic rings. The second-order valence-corrected chi connectivity index (χ2v) is 11.4. The lowest BCUT2D eigenvalue weighted by atomic mass is 10.2. The fraction of sp³-hybridized carbons (Fsp3) is 0.692. The summed E-state index contributed by atoms with van der Waals surface area (Å²) in [5.41, 5.74) is 0. The summed E-state index contributed by atoms with van der Waals surface area (Å²) < 4.78 is 29.1. The van der Waals surface area contributed by atoms with E-state index in [2.05, 4.69) is 37.2 Å². The Kier molecular flexibility index (Phi) is 5.13. The van der Waals surface area contributed by atoms with E-state index in [9.17, 15) is 8.42 Å². The number of rotatable bonds is 6. The second kappa shape index (κ2) is 6.57. The van der Waals surface area contributed by atoms with E-state index in [-0.39, 0.29) is 0 Å². The van der Waals surface area contributed by atoms with E-state index < -0.39 is 10.0 Å². The lowest BCUT2D eigenvalue weighted by Gasteiger charge is -2.25. The Labute approximate surface area is 146 Å². The zero-order valence-corrected chi connectivity index (χ0v) is 16.3. The van der Waals surface area contributed by atoms with Crippen molar-refractivity contribution in [3.05, 3.63) is 13.6 Å². The predicted octanol–water partition coefficient (Wildman–Crippen LogP) is 3.43. The minimum absolute atomic E-state index is 0.291. The minimum Gasteiger partial charge on any atom is -0.313 e. The van der Waals surface area contributed by atoms with Crippen LogP contribution < -0.4 is 5.32 Å². The molecule has 4 nitrogen and oxygen atoms in total. The molecule has 21 heavy (non-hydrogen) atoms. The van der Waals surface area contributed by atoms with Crippen molar-refractivity contribution in [1.29, 1.82) is 0 Å². The topological polar surface area (TPSA) is 49.4 Å². The summed E-state index contributed by atoms with van der Waals surface area (Å²) >= 11 is 8.15. The summed E-state index contributed by atoms with van der Waals surface area (Å²) in [7, 11) is -3.43. The van der Waals surface area contributed by atoms with Gasteiger partial charge in [-0.2, -0.15) is 4.31 Å². The van der Waals surface area contributed by atoms with Crippen LogP contribution in [0.5, 0.6) is 0 Å². The van der Waals surface area contributed by atoms with E-state index in [0.717, 1.165) is 36.0 Å². The Morgan fingerprint density at radius 1 is 1.29 bits per heavy atom. The van der Waals surface area contributed by atoms with Crippen molar-refractivity contribution in [3.63, 3.8) is 0 Å². The molecule has 8 heteroatoms. The first-order valence-electron chi connectivity index (χ1n) is 7.15. The highest BCUT2D eigenvalue weighted by Crippen LogP contribution is 2.38. The average Bonchev–Trinajstić information content (AvgIpc) is 2.94. The van der Waals surface area contributed by atoms with E-state index in [1.807, 2.05) is 0 Å². The van der Waals surface area contributed by atoms with Crippen molar-refractivity contribution in [3.8, 4) is 0 Å². The van der Waals surface area contributed by atoms with Crippen LogP contribution in [0.1, 0.15) is 25.7 Å². The van der Waals surface area contributed by atoms with E-state index in [1.165, 1.54) is 11.3 Å². The lowest BCUT2D eigenvalue weighted by molar-refractivity contribution is 0.358. The van der Waals surface area contributed by atoms with Gasteiger partial charge in [-0.25, -0.2) is 8.42 Å². The molecule has 0 spiro atoms. The standard InChI is InChI=1S/C13H18Br2N2O2S2/c14-12-6-11(13(15)20-12)21(18,19)17(7-9-3-4-9)8-10-2-1-5-16-10/h6,9-10,16H,1-5,7-8H2. The molecule has 0 amide bonds. The van der Waals surface area contributed by atoms with Gasteiger partial charge in [-0.15, -0.1) is 11.3 Å². The van der Waals surface area contributed by atoms with Crippen LogP contribution in [0.25, 0.3) is 0 Å². The highest BCUT2D eigenvalue weighted by molar-refractivity contribution is 9.12. The average molecular weight is 458 g/mol. The van der Waals surface area contributed by atoms with Crippen molar-refractivity contribution in [2.45, 2.75) is 36.6 Å². The number of hydrogen-bond acceptors (Lipinski definition) is 4. The largest absolute Gasteiger partial charge is 0.313 e. The number of nitrogens with zero attached hydrogens (tertiary/aromatic N) is 1. The predicted molar refractivity (Wildman–Crippen MR) is 92.2 cm³/mol. The summed E-state index contributed by atoms with van der Waals surface area (Å²) in [6.07, 6.45) is 4.50. The van der Waals surface area contributed by atoms with Gasteiger partial charge < -0.3 is 5.32 Å². The highest BCUT2D eigenvalue weighted by Gasteiger charge is 2.35. The first-order chi connectivity index (χ1) is 9.96. The van der Waals surface area contributed by atoms with Crippen LogP contribution in [0, 0.1) is 5.92 Å². The Morgan fingerprint density at radius 2 is 2.05 bits per heavy atom. The monoisotopic (exact) mass is 456 g/mol. The fourth-order valence-electron chi connectivity index (χ4n) is 2.66. The molecule has 1 atom stereocenters. The molecular formula is C13H18Br2N2O2S2. The maximum Gasteiger partial charge on any atom is 0.245 e. The molecule has 1 aliphatic heterocycles.